The highest BCUT2D eigenvalue weighted by Gasteiger charge is 2.30. The lowest BCUT2D eigenvalue weighted by molar-refractivity contribution is 0.409. The maximum atomic E-state index is 5.25. The lowest BCUT2D eigenvalue weighted by atomic mass is 9.91. The van der Waals surface area contributed by atoms with Crippen LogP contribution in [0, 0.1) is 11.8 Å². The minimum absolute atomic E-state index is 0.703. The maximum absolute atomic E-state index is 5.25. The van der Waals surface area contributed by atoms with Crippen LogP contribution in [0.2, 0.25) is 0 Å². The summed E-state index contributed by atoms with van der Waals surface area (Å²) in [7, 11) is 1.70. The van der Waals surface area contributed by atoms with E-state index in [1.54, 1.807) is 7.11 Å². The fourth-order valence-corrected chi connectivity index (χ4v) is 3.91. The third-order valence-corrected chi connectivity index (χ3v) is 5.75. The molecule has 1 aromatic carbocycles. The van der Waals surface area contributed by atoms with Crippen LogP contribution in [-0.2, 0) is 6.42 Å². The Bertz CT molecular complexity index is 392. The average molecular weight is 362 g/mol. The molecule has 0 radical (unpaired) electrons. The van der Waals surface area contributed by atoms with Gasteiger partial charge in [-0.2, -0.15) is 0 Å². The molecule has 0 amide bonds. The van der Waals surface area contributed by atoms with Crippen LogP contribution in [-0.4, -0.2) is 11.9 Å². The van der Waals surface area contributed by atoms with Crippen LogP contribution in [0.5, 0.6) is 5.75 Å². The second kappa shape index (κ2) is 5.75. The minimum atomic E-state index is 0.703. The molecule has 1 fully saturated rings. The normalized spacial score (nSPS) is 28.4. The SMILES string of the molecule is COc1ccc(CC2CCC(Br)C2C)cc1Br. The van der Waals surface area contributed by atoms with Gasteiger partial charge >= 0.3 is 0 Å². The number of benzene rings is 1. The zero-order valence-electron chi connectivity index (χ0n) is 10.2. The number of alkyl halides is 1. The van der Waals surface area contributed by atoms with Gasteiger partial charge in [-0.1, -0.05) is 28.9 Å². The molecular weight excluding hydrogens is 344 g/mol. The third kappa shape index (κ3) is 3.05. The summed E-state index contributed by atoms with van der Waals surface area (Å²) in [5.41, 5.74) is 1.40. The zero-order valence-corrected chi connectivity index (χ0v) is 13.4. The van der Waals surface area contributed by atoms with Gasteiger partial charge in [0.15, 0.2) is 0 Å². The first-order valence-electron chi connectivity index (χ1n) is 6.08. The van der Waals surface area contributed by atoms with E-state index in [9.17, 15) is 0 Å². The lowest BCUT2D eigenvalue weighted by Crippen LogP contribution is -2.12. The largest absolute Gasteiger partial charge is 0.496 e. The molecule has 2 rings (SSSR count). The van der Waals surface area contributed by atoms with Crippen molar-refractivity contribution < 1.29 is 4.74 Å². The molecule has 3 heteroatoms. The molecule has 0 saturated heterocycles. The van der Waals surface area contributed by atoms with E-state index in [-0.39, 0.29) is 0 Å². The summed E-state index contributed by atoms with van der Waals surface area (Å²) in [4.78, 5) is 0.703. The van der Waals surface area contributed by atoms with Gasteiger partial charge in [0.05, 0.1) is 11.6 Å². The van der Waals surface area contributed by atoms with Gasteiger partial charge in [0.2, 0.25) is 0 Å². The molecule has 0 N–H and O–H groups in total. The summed E-state index contributed by atoms with van der Waals surface area (Å²) < 4.78 is 6.31. The topological polar surface area (TPSA) is 9.23 Å². The van der Waals surface area contributed by atoms with Crippen LogP contribution in [0.3, 0.4) is 0 Å². The van der Waals surface area contributed by atoms with Gasteiger partial charge in [0.25, 0.3) is 0 Å². The molecule has 17 heavy (non-hydrogen) atoms. The molecule has 94 valence electrons. The molecule has 3 atom stereocenters. The number of ether oxygens (including phenoxy) is 1. The number of hydrogen-bond acceptors (Lipinski definition) is 1. The molecule has 1 saturated carbocycles. The van der Waals surface area contributed by atoms with E-state index in [1.165, 1.54) is 24.8 Å². The minimum Gasteiger partial charge on any atom is -0.496 e. The van der Waals surface area contributed by atoms with Gasteiger partial charge in [0.1, 0.15) is 5.75 Å². The Hall–Kier alpha value is -0.0200. The van der Waals surface area contributed by atoms with E-state index < -0.39 is 0 Å². The second-order valence-corrected chi connectivity index (χ2v) is 6.92. The van der Waals surface area contributed by atoms with Crippen molar-refractivity contribution in [3.05, 3.63) is 28.2 Å². The highest BCUT2D eigenvalue weighted by atomic mass is 79.9. The fraction of sp³-hybridized carbons (Fsp3) is 0.571. The van der Waals surface area contributed by atoms with Crippen LogP contribution in [0.4, 0.5) is 0 Å². The summed E-state index contributed by atoms with van der Waals surface area (Å²) in [5, 5.41) is 0. The molecule has 1 aromatic rings. The van der Waals surface area contributed by atoms with E-state index in [0.29, 0.717) is 4.83 Å². The Balaban J connectivity index is 2.06. The van der Waals surface area contributed by atoms with Gasteiger partial charge in [-0.05, 0) is 64.7 Å². The second-order valence-electron chi connectivity index (χ2n) is 4.89. The predicted molar refractivity (Wildman–Crippen MR) is 79.0 cm³/mol. The highest BCUT2D eigenvalue weighted by molar-refractivity contribution is 9.10. The molecule has 0 spiro atoms. The van der Waals surface area contributed by atoms with Gasteiger partial charge in [-0.3, -0.25) is 0 Å². The van der Waals surface area contributed by atoms with E-state index in [0.717, 1.165) is 22.1 Å². The molecule has 0 heterocycles. The van der Waals surface area contributed by atoms with Gasteiger partial charge in [-0.15, -0.1) is 0 Å². The number of methoxy groups -OCH3 is 1. The molecule has 1 aliphatic carbocycles. The molecule has 0 aromatic heterocycles. The maximum Gasteiger partial charge on any atom is 0.133 e. The molecule has 3 unspecified atom stereocenters. The van der Waals surface area contributed by atoms with E-state index in [4.69, 9.17) is 4.74 Å². The predicted octanol–water partition coefficient (Wildman–Crippen LogP) is 4.81. The third-order valence-electron chi connectivity index (χ3n) is 3.84. The summed E-state index contributed by atoms with van der Waals surface area (Å²) in [6.45, 7) is 2.36. The fourth-order valence-electron chi connectivity index (χ4n) is 2.62. The van der Waals surface area contributed by atoms with Crippen molar-refractivity contribution in [2.45, 2.75) is 31.0 Å². The van der Waals surface area contributed by atoms with Crippen molar-refractivity contribution in [3.63, 3.8) is 0 Å². The van der Waals surface area contributed by atoms with Crippen LogP contribution in [0.15, 0.2) is 22.7 Å². The lowest BCUT2D eigenvalue weighted by Gasteiger charge is -2.17. The van der Waals surface area contributed by atoms with E-state index in [1.807, 2.05) is 6.07 Å². The van der Waals surface area contributed by atoms with Crippen LogP contribution in [0.25, 0.3) is 0 Å². The first-order chi connectivity index (χ1) is 8.11. The van der Waals surface area contributed by atoms with Crippen molar-refractivity contribution in [1.82, 2.24) is 0 Å². The molecule has 1 nitrogen and oxygen atoms in total. The Morgan fingerprint density at radius 2 is 2.12 bits per heavy atom. The van der Waals surface area contributed by atoms with Crippen molar-refractivity contribution in [1.29, 1.82) is 0 Å². The smallest absolute Gasteiger partial charge is 0.133 e. The Morgan fingerprint density at radius 1 is 1.35 bits per heavy atom. The zero-order chi connectivity index (χ0) is 12.4. The monoisotopic (exact) mass is 360 g/mol. The summed E-state index contributed by atoms with van der Waals surface area (Å²) >= 11 is 7.31. The van der Waals surface area contributed by atoms with E-state index in [2.05, 4.69) is 50.9 Å². The first kappa shape index (κ1) is 13.4. The molecule has 0 bridgehead atoms. The first-order valence-corrected chi connectivity index (χ1v) is 7.79. The summed E-state index contributed by atoms with van der Waals surface area (Å²) in [5.74, 6) is 2.49. The average Bonchev–Trinajstić information content (AvgIpc) is 2.61. The van der Waals surface area contributed by atoms with Crippen LogP contribution >= 0.6 is 31.9 Å². The molecular formula is C14H18Br2O. The van der Waals surface area contributed by atoms with Gasteiger partial charge in [0, 0.05) is 4.83 Å². The van der Waals surface area contributed by atoms with Crippen molar-refractivity contribution in [2.75, 3.05) is 7.11 Å². The van der Waals surface area contributed by atoms with Gasteiger partial charge < -0.3 is 4.74 Å². The number of hydrogen-bond donors (Lipinski definition) is 0. The van der Waals surface area contributed by atoms with Crippen LogP contribution < -0.4 is 4.74 Å². The Labute approximate surface area is 120 Å². The van der Waals surface area contributed by atoms with Crippen molar-refractivity contribution in [2.24, 2.45) is 11.8 Å². The highest BCUT2D eigenvalue weighted by Crippen LogP contribution is 2.39. The summed E-state index contributed by atoms with van der Waals surface area (Å²) in [6.07, 6.45) is 3.82. The Kier molecular flexibility index (Phi) is 4.53. The van der Waals surface area contributed by atoms with Crippen LogP contribution in [0.1, 0.15) is 25.3 Å². The standard InChI is InChI=1S/C14H18Br2O/c1-9-11(4-5-12(9)15)7-10-3-6-14(17-2)13(16)8-10/h3,6,8-9,11-12H,4-5,7H2,1-2H3. The number of halogens is 2. The van der Waals surface area contributed by atoms with Gasteiger partial charge in [-0.25, -0.2) is 0 Å². The van der Waals surface area contributed by atoms with E-state index >= 15 is 0 Å². The van der Waals surface area contributed by atoms with Crippen molar-refractivity contribution in [3.8, 4) is 5.75 Å². The quantitative estimate of drug-likeness (QED) is 0.702. The van der Waals surface area contributed by atoms with Crippen molar-refractivity contribution >= 4 is 31.9 Å². The number of rotatable bonds is 3. The Morgan fingerprint density at radius 3 is 2.65 bits per heavy atom. The molecule has 0 aliphatic heterocycles. The summed E-state index contributed by atoms with van der Waals surface area (Å²) in [6, 6.07) is 6.41. The molecule has 1 aliphatic rings.